The molecule has 1 aliphatic heterocycles. The van der Waals surface area contributed by atoms with E-state index in [-0.39, 0.29) is 28.2 Å². The lowest BCUT2D eigenvalue weighted by Gasteiger charge is -2.15. The average Bonchev–Trinajstić information content (AvgIpc) is 2.96. The number of halogens is 1. The van der Waals surface area contributed by atoms with Crippen LogP contribution < -0.4 is 5.73 Å². The minimum absolute atomic E-state index is 0. The van der Waals surface area contributed by atoms with Crippen LogP contribution in [0.15, 0.2) is 16.3 Å². The molecule has 0 amide bonds. The monoisotopic (exact) mass is 326 g/mol. The average molecular weight is 327 g/mol. The molecule has 2 N–H and O–H groups in total. The van der Waals surface area contributed by atoms with Crippen LogP contribution in [0.25, 0.3) is 0 Å². The van der Waals surface area contributed by atoms with Crippen LogP contribution in [-0.4, -0.2) is 44.9 Å². The van der Waals surface area contributed by atoms with Crippen LogP contribution in [0.4, 0.5) is 0 Å². The first kappa shape index (κ1) is 16.4. The van der Waals surface area contributed by atoms with Gasteiger partial charge >= 0.3 is 5.97 Å². The van der Waals surface area contributed by atoms with Crippen LogP contribution in [0.5, 0.6) is 0 Å². The highest BCUT2D eigenvalue weighted by molar-refractivity contribution is 7.89. The van der Waals surface area contributed by atoms with E-state index in [9.17, 15) is 13.2 Å². The molecule has 2 rings (SSSR count). The number of hydrogen-bond acceptors (Lipinski definition) is 6. The molecule has 1 aromatic heterocycles. The number of hydrogen-bond donors (Lipinski definition) is 1. The van der Waals surface area contributed by atoms with Gasteiger partial charge in [-0.05, 0) is 17.9 Å². The number of methoxy groups -OCH3 is 1. The van der Waals surface area contributed by atoms with Gasteiger partial charge in [0.15, 0.2) is 0 Å². The van der Waals surface area contributed by atoms with Gasteiger partial charge in [0, 0.05) is 19.1 Å². The second kappa shape index (κ2) is 6.19. The molecule has 0 bridgehead atoms. The summed E-state index contributed by atoms with van der Waals surface area (Å²) in [4.78, 5) is 11.6. The molecular weight excluding hydrogens is 312 g/mol. The maximum atomic E-state index is 12.4. The number of rotatable bonds is 3. The Balaban J connectivity index is 0.00000180. The zero-order valence-corrected chi connectivity index (χ0v) is 12.7. The minimum atomic E-state index is -3.65. The number of carbonyl (C=O) groups excluding carboxylic acids is 1. The Hall–Kier alpha value is -0.670. The van der Waals surface area contributed by atoms with E-state index in [1.54, 1.807) is 5.38 Å². The second-order valence-corrected chi connectivity index (χ2v) is 6.84. The van der Waals surface area contributed by atoms with Gasteiger partial charge in [-0.25, -0.2) is 13.2 Å². The van der Waals surface area contributed by atoms with E-state index < -0.39 is 16.0 Å². The molecule has 9 heteroatoms. The summed E-state index contributed by atoms with van der Waals surface area (Å²) in [5.74, 6) is -0.632. The Labute approximate surface area is 122 Å². The molecule has 19 heavy (non-hydrogen) atoms. The highest BCUT2D eigenvalue weighted by Crippen LogP contribution is 2.27. The van der Waals surface area contributed by atoms with Gasteiger partial charge in [0.1, 0.15) is 9.77 Å². The van der Waals surface area contributed by atoms with Crippen LogP contribution in [0, 0.1) is 0 Å². The molecule has 1 atom stereocenters. The lowest BCUT2D eigenvalue weighted by molar-refractivity contribution is 0.0602. The summed E-state index contributed by atoms with van der Waals surface area (Å²) < 4.78 is 30.6. The van der Waals surface area contributed by atoms with Crippen molar-refractivity contribution >= 4 is 39.7 Å². The Morgan fingerprint density at radius 2 is 2.26 bits per heavy atom. The lowest BCUT2D eigenvalue weighted by atomic mass is 10.3. The van der Waals surface area contributed by atoms with Crippen molar-refractivity contribution in [2.45, 2.75) is 17.4 Å². The first-order valence-electron chi connectivity index (χ1n) is 5.38. The van der Waals surface area contributed by atoms with Gasteiger partial charge in [0.05, 0.1) is 7.11 Å². The summed E-state index contributed by atoms with van der Waals surface area (Å²) in [5.41, 5.74) is 5.70. The molecule has 1 aliphatic rings. The number of nitrogens with two attached hydrogens (primary N) is 1. The van der Waals surface area contributed by atoms with Gasteiger partial charge in [-0.3, -0.25) is 0 Å². The van der Waals surface area contributed by atoms with Crippen LogP contribution in [0.3, 0.4) is 0 Å². The maximum absolute atomic E-state index is 12.4. The third kappa shape index (κ3) is 3.09. The van der Waals surface area contributed by atoms with Crippen LogP contribution in [0.2, 0.25) is 0 Å². The van der Waals surface area contributed by atoms with Crippen LogP contribution in [-0.2, 0) is 14.8 Å². The third-order valence-corrected chi connectivity index (χ3v) is 5.74. The SMILES string of the molecule is COC(=O)c1sccc1S(=O)(=O)N1CCC(N)C1.Cl. The fraction of sp³-hybridized carbons (Fsp3) is 0.500. The summed E-state index contributed by atoms with van der Waals surface area (Å²) in [6, 6.07) is 1.29. The molecule has 0 radical (unpaired) electrons. The molecule has 0 spiro atoms. The first-order valence-corrected chi connectivity index (χ1v) is 7.70. The normalized spacial score (nSPS) is 20.0. The molecule has 2 heterocycles. The molecule has 0 aromatic carbocycles. The lowest BCUT2D eigenvalue weighted by Crippen LogP contribution is -2.32. The van der Waals surface area contributed by atoms with E-state index in [1.165, 1.54) is 17.5 Å². The van der Waals surface area contributed by atoms with Gasteiger partial charge in [0.2, 0.25) is 10.0 Å². The van der Waals surface area contributed by atoms with Gasteiger partial charge in [-0.15, -0.1) is 23.7 Å². The van der Waals surface area contributed by atoms with Gasteiger partial charge in [0.25, 0.3) is 0 Å². The van der Waals surface area contributed by atoms with E-state index in [1.807, 2.05) is 0 Å². The van der Waals surface area contributed by atoms with Crippen molar-refractivity contribution in [3.63, 3.8) is 0 Å². The standard InChI is InChI=1S/C10H14N2O4S2.ClH/c1-16-10(13)9-8(3-5-17-9)18(14,15)12-4-2-7(11)6-12;/h3,5,7H,2,4,6,11H2,1H3;1H. The summed E-state index contributed by atoms with van der Waals surface area (Å²) >= 11 is 1.06. The molecule has 6 nitrogen and oxygen atoms in total. The summed E-state index contributed by atoms with van der Waals surface area (Å²) in [7, 11) is -2.42. The predicted molar refractivity (Wildman–Crippen MR) is 74.3 cm³/mol. The Morgan fingerprint density at radius 3 is 2.79 bits per heavy atom. The molecule has 1 fully saturated rings. The van der Waals surface area contributed by atoms with Crippen molar-refractivity contribution < 1.29 is 17.9 Å². The number of carbonyl (C=O) groups is 1. The van der Waals surface area contributed by atoms with Crippen molar-refractivity contribution in [3.05, 3.63) is 16.3 Å². The smallest absolute Gasteiger partial charge is 0.349 e. The highest BCUT2D eigenvalue weighted by atomic mass is 35.5. The summed E-state index contributed by atoms with van der Waals surface area (Å²) in [5, 5.41) is 1.56. The van der Waals surface area contributed by atoms with Crippen molar-refractivity contribution in [2.75, 3.05) is 20.2 Å². The zero-order chi connectivity index (χ0) is 13.3. The number of thiophene rings is 1. The van der Waals surface area contributed by atoms with Gasteiger partial charge < -0.3 is 10.5 Å². The highest BCUT2D eigenvalue weighted by Gasteiger charge is 2.34. The number of esters is 1. The quantitative estimate of drug-likeness (QED) is 0.825. The molecule has 0 saturated carbocycles. The molecule has 1 saturated heterocycles. The van der Waals surface area contributed by atoms with Crippen molar-refractivity contribution in [2.24, 2.45) is 5.73 Å². The molecule has 0 aliphatic carbocycles. The fourth-order valence-corrected chi connectivity index (χ4v) is 4.67. The summed E-state index contributed by atoms with van der Waals surface area (Å²) in [6.45, 7) is 0.679. The Morgan fingerprint density at radius 1 is 1.58 bits per heavy atom. The predicted octanol–water partition coefficient (Wildman–Crippen LogP) is 0.678. The van der Waals surface area contributed by atoms with E-state index in [0.29, 0.717) is 19.5 Å². The van der Waals surface area contributed by atoms with Gasteiger partial charge in [-0.1, -0.05) is 0 Å². The van der Waals surface area contributed by atoms with Crippen molar-refractivity contribution in [3.8, 4) is 0 Å². The van der Waals surface area contributed by atoms with E-state index in [4.69, 9.17) is 5.73 Å². The first-order chi connectivity index (χ1) is 8.46. The largest absolute Gasteiger partial charge is 0.465 e. The van der Waals surface area contributed by atoms with E-state index in [0.717, 1.165) is 11.3 Å². The summed E-state index contributed by atoms with van der Waals surface area (Å²) in [6.07, 6.45) is 0.636. The number of sulfonamides is 1. The second-order valence-electron chi connectivity index (χ2n) is 4.02. The fourth-order valence-electron chi connectivity index (χ4n) is 1.85. The minimum Gasteiger partial charge on any atom is -0.465 e. The third-order valence-electron chi connectivity index (χ3n) is 2.81. The van der Waals surface area contributed by atoms with Crippen LogP contribution >= 0.6 is 23.7 Å². The number of nitrogens with zero attached hydrogens (tertiary/aromatic N) is 1. The van der Waals surface area contributed by atoms with Crippen LogP contribution in [0.1, 0.15) is 16.1 Å². The molecule has 1 aromatic rings. The maximum Gasteiger partial charge on any atom is 0.349 e. The molecule has 108 valence electrons. The number of ether oxygens (including phenoxy) is 1. The topological polar surface area (TPSA) is 89.7 Å². The zero-order valence-electron chi connectivity index (χ0n) is 10.2. The molecule has 1 unspecified atom stereocenters. The Bertz CT molecular complexity index is 558. The van der Waals surface area contributed by atoms with Gasteiger partial charge in [-0.2, -0.15) is 4.31 Å². The van der Waals surface area contributed by atoms with E-state index in [2.05, 4.69) is 4.74 Å². The van der Waals surface area contributed by atoms with Crippen molar-refractivity contribution in [1.29, 1.82) is 0 Å². The van der Waals surface area contributed by atoms with Crippen molar-refractivity contribution in [1.82, 2.24) is 4.31 Å². The van der Waals surface area contributed by atoms with E-state index >= 15 is 0 Å². The molecular formula is C10H15ClN2O4S2. The Kier molecular flexibility index (Phi) is 5.34.